The Morgan fingerprint density at radius 1 is 0.964 bits per heavy atom. The summed E-state index contributed by atoms with van der Waals surface area (Å²) in [4.78, 5) is 24.0. The van der Waals surface area contributed by atoms with Crippen LogP contribution in [0.15, 0.2) is 60.7 Å². The predicted octanol–water partition coefficient (Wildman–Crippen LogP) is 4.69. The van der Waals surface area contributed by atoms with Crippen LogP contribution in [-0.2, 0) is 11.7 Å². The van der Waals surface area contributed by atoms with Gasteiger partial charge in [0.05, 0.1) is 5.56 Å². The number of urea groups is 1. The predicted molar refractivity (Wildman–Crippen MR) is 107 cm³/mol. The van der Waals surface area contributed by atoms with E-state index in [4.69, 9.17) is 0 Å². The molecule has 28 heavy (non-hydrogen) atoms. The maximum Gasteiger partial charge on any atom is 0.323 e. The van der Waals surface area contributed by atoms with Gasteiger partial charge in [-0.2, -0.15) is 0 Å². The monoisotopic (exact) mass is 372 g/mol. The lowest BCUT2D eigenvalue weighted by molar-refractivity contribution is 0.0962. The molecule has 1 aliphatic heterocycles. The Balaban J connectivity index is 1.51. The number of anilines is 2. The second kappa shape index (κ2) is 7.08. The van der Waals surface area contributed by atoms with Crippen molar-refractivity contribution in [1.29, 1.82) is 0 Å². The molecule has 6 heteroatoms. The molecule has 1 heterocycles. The first kappa shape index (κ1) is 17.6. The van der Waals surface area contributed by atoms with Gasteiger partial charge >= 0.3 is 6.03 Å². The smallest absolute Gasteiger partial charge is 0.323 e. The van der Waals surface area contributed by atoms with Gasteiger partial charge in [-0.25, -0.2) is 4.79 Å². The number of amides is 3. The molecule has 3 amide bonds. The Kier molecular flexibility index (Phi) is 4.45. The summed E-state index contributed by atoms with van der Waals surface area (Å²) in [5, 5.41) is 20.2. The highest BCUT2D eigenvalue weighted by molar-refractivity contribution is 6.03. The van der Waals surface area contributed by atoms with Gasteiger partial charge in [0.25, 0.3) is 5.91 Å². The molecular weight excluding hydrogens is 354 g/mol. The highest BCUT2D eigenvalue weighted by Gasteiger charge is 2.26. The quantitative estimate of drug-likeness (QED) is 0.622. The van der Waals surface area contributed by atoms with Gasteiger partial charge in [-0.05, 0) is 59.5 Å². The molecule has 3 aromatic carbocycles. The van der Waals surface area contributed by atoms with Crippen LogP contribution < -0.4 is 16.0 Å². The van der Waals surface area contributed by atoms with Crippen LogP contribution in [0.1, 0.15) is 21.5 Å². The van der Waals surface area contributed by atoms with E-state index in [-0.39, 0.29) is 23.3 Å². The maximum atomic E-state index is 12.2. The van der Waals surface area contributed by atoms with Gasteiger partial charge in [-0.1, -0.05) is 30.3 Å². The summed E-state index contributed by atoms with van der Waals surface area (Å²) in [5.41, 5.74) is 5.07. The summed E-state index contributed by atoms with van der Waals surface area (Å²) in [6, 6.07) is 17.6. The maximum absolute atomic E-state index is 12.2. The first-order chi connectivity index (χ1) is 13.5. The Morgan fingerprint density at radius 2 is 1.71 bits per heavy atom. The molecule has 1 aliphatic rings. The summed E-state index contributed by atoms with van der Waals surface area (Å²) in [6.07, 6.45) is 0. The van der Waals surface area contributed by atoms with Gasteiger partial charge in [0.1, 0.15) is 0 Å². The molecular formula is C22H18N3O3. The highest BCUT2D eigenvalue weighted by atomic mass is 16.3. The molecule has 0 unspecified atom stereocenters. The number of nitrogens with one attached hydrogen (secondary N) is 3. The van der Waals surface area contributed by atoms with E-state index in [1.807, 2.05) is 43.3 Å². The van der Waals surface area contributed by atoms with Gasteiger partial charge in [0.2, 0.25) is 0 Å². The zero-order chi connectivity index (χ0) is 19.7. The number of hydrogen-bond donors (Lipinski definition) is 3. The molecule has 4 rings (SSSR count). The van der Waals surface area contributed by atoms with Crippen LogP contribution in [0.2, 0.25) is 0 Å². The number of benzene rings is 3. The van der Waals surface area contributed by atoms with Crippen molar-refractivity contribution in [2.45, 2.75) is 13.5 Å². The largest absolute Gasteiger partial charge is 0.348 e. The summed E-state index contributed by atoms with van der Waals surface area (Å²) in [6.45, 7) is 2.31. The minimum Gasteiger partial charge on any atom is -0.348 e. The number of carbonyl (C=O) groups is 2. The van der Waals surface area contributed by atoms with Crippen LogP contribution in [0.25, 0.3) is 11.1 Å². The van der Waals surface area contributed by atoms with Crippen molar-refractivity contribution in [3.8, 4) is 16.9 Å². The van der Waals surface area contributed by atoms with Crippen molar-refractivity contribution in [2.75, 3.05) is 10.6 Å². The van der Waals surface area contributed by atoms with Gasteiger partial charge in [0.15, 0.2) is 5.75 Å². The minimum atomic E-state index is -0.329. The number of aryl methyl sites for hydroxylation is 1. The van der Waals surface area contributed by atoms with Crippen LogP contribution in [0.4, 0.5) is 16.2 Å². The molecule has 0 fully saturated rings. The molecule has 3 aromatic rings. The third-order valence-electron chi connectivity index (χ3n) is 4.66. The second-order valence-electron chi connectivity index (χ2n) is 6.67. The van der Waals surface area contributed by atoms with E-state index >= 15 is 0 Å². The normalized spacial score (nSPS) is 12.2. The first-order valence-corrected chi connectivity index (χ1v) is 8.87. The van der Waals surface area contributed by atoms with E-state index in [0.29, 0.717) is 12.2 Å². The fourth-order valence-corrected chi connectivity index (χ4v) is 3.34. The standard InChI is InChI=1S/C22H18N3O3/c1-13-3-2-4-16(11-13)25-22(28)24-15-7-5-14(6-8-15)17-9-10-19(26)20-18(17)12-23-21(20)27/h2-11H,12H2,1H3,(H,23,27)(H2,24,25,28). The zero-order valence-electron chi connectivity index (χ0n) is 15.2. The van der Waals surface area contributed by atoms with Crippen molar-refractivity contribution in [1.82, 2.24) is 5.32 Å². The Morgan fingerprint density at radius 3 is 2.46 bits per heavy atom. The van der Waals surface area contributed by atoms with Crippen LogP contribution in [0, 0.1) is 6.92 Å². The van der Waals surface area contributed by atoms with E-state index in [1.54, 1.807) is 18.2 Å². The number of carbonyl (C=O) groups excluding carboxylic acids is 2. The Labute approximate surface area is 162 Å². The zero-order valence-corrected chi connectivity index (χ0v) is 15.2. The van der Waals surface area contributed by atoms with Crippen molar-refractivity contribution >= 4 is 23.3 Å². The number of fused-ring (bicyclic) bond motifs is 1. The van der Waals surface area contributed by atoms with Gasteiger partial charge in [-0.15, -0.1) is 0 Å². The molecule has 139 valence electrons. The van der Waals surface area contributed by atoms with Crippen LogP contribution in [0.3, 0.4) is 0 Å². The number of rotatable bonds is 3. The lowest BCUT2D eigenvalue weighted by Gasteiger charge is -2.10. The summed E-state index contributed by atoms with van der Waals surface area (Å²) >= 11 is 0. The first-order valence-electron chi connectivity index (χ1n) is 8.87. The van der Waals surface area contributed by atoms with Crippen molar-refractivity contribution in [3.63, 3.8) is 0 Å². The molecule has 0 atom stereocenters. The van der Waals surface area contributed by atoms with E-state index in [1.165, 1.54) is 6.07 Å². The van der Waals surface area contributed by atoms with Gasteiger partial charge in [-0.3, -0.25) is 9.90 Å². The van der Waals surface area contributed by atoms with Crippen molar-refractivity contribution < 1.29 is 14.7 Å². The highest BCUT2D eigenvalue weighted by Crippen LogP contribution is 2.35. The molecule has 0 saturated carbocycles. The number of hydrogen-bond acceptors (Lipinski definition) is 2. The molecule has 0 aromatic heterocycles. The van der Waals surface area contributed by atoms with E-state index in [0.717, 1.165) is 27.9 Å². The third-order valence-corrected chi connectivity index (χ3v) is 4.66. The molecule has 0 spiro atoms. The third kappa shape index (κ3) is 3.40. The Hall–Kier alpha value is -3.80. The van der Waals surface area contributed by atoms with E-state index in [2.05, 4.69) is 16.0 Å². The van der Waals surface area contributed by atoms with Gasteiger partial charge < -0.3 is 16.0 Å². The molecule has 0 bridgehead atoms. The summed E-state index contributed by atoms with van der Waals surface area (Å²) in [5.74, 6) is -0.590. The van der Waals surface area contributed by atoms with Crippen molar-refractivity contribution in [3.05, 3.63) is 77.4 Å². The average Bonchev–Trinajstić information content (AvgIpc) is 3.05. The lowest BCUT2D eigenvalue weighted by atomic mass is 9.96. The SMILES string of the molecule is Cc1cccc(NC(=O)Nc2ccc(-c3ccc([O])c4c3CNC4=O)cc2)c1. The summed E-state index contributed by atoms with van der Waals surface area (Å²) < 4.78 is 0. The molecule has 1 radical (unpaired) electrons. The fraction of sp³-hybridized carbons (Fsp3) is 0.0909. The lowest BCUT2D eigenvalue weighted by Crippen LogP contribution is -2.19. The molecule has 6 nitrogen and oxygen atoms in total. The van der Waals surface area contributed by atoms with Crippen LogP contribution in [0.5, 0.6) is 5.75 Å². The molecule has 0 saturated heterocycles. The van der Waals surface area contributed by atoms with Crippen LogP contribution >= 0.6 is 0 Å². The Bertz CT molecular complexity index is 1070. The minimum absolute atomic E-state index is 0.220. The second-order valence-corrected chi connectivity index (χ2v) is 6.67. The van der Waals surface area contributed by atoms with Crippen LogP contribution in [-0.4, -0.2) is 11.9 Å². The average molecular weight is 372 g/mol. The van der Waals surface area contributed by atoms with Crippen molar-refractivity contribution in [2.24, 2.45) is 0 Å². The topological polar surface area (TPSA) is 90.1 Å². The molecule has 3 N–H and O–H groups in total. The van der Waals surface area contributed by atoms with E-state index in [9.17, 15) is 14.7 Å². The van der Waals surface area contributed by atoms with E-state index < -0.39 is 0 Å². The molecule has 0 aliphatic carbocycles. The fourth-order valence-electron chi connectivity index (χ4n) is 3.34. The summed E-state index contributed by atoms with van der Waals surface area (Å²) in [7, 11) is 0. The van der Waals surface area contributed by atoms with Gasteiger partial charge in [0, 0.05) is 17.9 Å².